The molecule has 44 heavy (non-hydrogen) atoms. The minimum absolute atomic E-state index is 0.0562. The van der Waals surface area contributed by atoms with Gasteiger partial charge in [0.25, 0.3) is 0 Å². The third-order valence-corrected chi connectivity index (χ3v) is 9.63. The van der Waals surface area contributed by atoms with E-state index in [1.54, 1.807) is 30.6 Å². The number of halogens is 1. The van der Waals surface area contributed by atoms with Gasteiger partial charge in [-0.2, -0.15) is 5.26 Å². The van der Waals surface area contributed by atoms with E-state index in [0.29, 0.717) is 46.7 Å². The highest BCUT2D eigenvalue weighted by Crippen LogP contribution is 2.48. The highest BCUT2D eigenvalue weighted by Gasteiger charge is 2.45. The molecule has 0 bridgehead atoms. The van der Waals surface area contributed by atoms with Gasteiger partial charge >= 0.3 is 5.97 Å². The molecule has 2 aromatic heterocycles. The second-order valence-electron chi connectivity index (χ2n) is 11.7. The number of carbonyl (C=O) groups is 1. The van der Waals surface area contributed by atoms with Crippen molar-refractivity contribution in [3.05, 3.63) is 76.9 Å². The van der Waals surface area contributed by atoms with Crippen molar-refractivity contribution in [2.45, 2.75) is 38.5 Å². The number of aromatic nitrogens is 3. The Morgan fingerprint density at radius 3 is 2.73 bits per heavy atom. The smallest absolute Gasteiger partial charge is 0.357 e. The van der Waals surface area contributed by atoms with Gasteiger partial charge in [-0.05, 0) is 80.0 Å². The van der Waals surface area contributed by atoms with Gasteiger partial charge in [-0.1, -0.05) is 6.07 Å². The number of nitrogens with zero attached hydrogens (tertiary/aromatic N) is 6. The molecule has 7 rings (SSSR count). The molecule has 9 nitrogen and oxygen atoms in total. The van der Waals surface area contributed by atoms with Crippen molar-refractivity contribution >= 4 is 28.3 Å². The van der Waals surface area contributed by atoms with E-state index in [-0.39, 0.29) is 17.2 Å². The van der Waals surface area contributed by atoms with E-state index in [1.165, 1.54) is 29.8 Å². The van der Waals surface area contributed by atoms with E-state index in [1.807, 2.05) is 12.1 Å². The van der Waals surface area contributed by atoms with Crippen LogP contribution in [0.25, 0.3) is 11.1 Å². The molecule has 2 aliphatic heterocycles. The van der Waals surface area contributed by atoms with Crippen LogP contribution in [0.4, 0.5) is 15.3 Å². The number of nitriles is 1. The first-order valence-electron chi connectivity index (χ1n) is 14.9. The Balaban J connectivity index is 1.12. The number of anilines is 2. The van der Waals surface area contributed by atoms with E-state index < -0.39 is 0 Å². The fraction of sp³-hybridized carbons (Fsp3) is 0.364. The monoisotopic (exact) mass is 610 g/mol. The van der Waals surface area contributed by atoms with Crippen LogP contribution in [0.2, 0.25) is 0 Å². The molecule has 1 unspecified atom stereocenters. The summed E-state index contributed by atoms with van der Waals surface area (Å²) in [5.74, 6) is 1.33. The summed E-state index contributed by atoms with van der Waals surface area (Å²) in [5.41, 5.74) is 3.57. The van der Waals surface area contributed by atoms with Crippen molar-refractivity contribution in [2.24, 2.45) is 5.41 Å². The molecule has 1 aliphatic carbocycles. The predicted octanol–water partition coefficient (Wildman–Crippen LogP) is 6.56. The van der Waals surface area contributed by atoms with E-state index in [0.717, 1.165) is 68.1 Å². The highest BCUT2D eigenvalue weighted by molar-refractivity contribution is 7.13. The summed E-state index contributed by atoms with van der Waals surface area (Å²) in [6, 6.07) is 12.3. The molecule has 224 valence electrons. The van der Waals surface area contributed by atoms with Crippen LogP contribution in [0.15, 0.2) is 54.3 Å². The summed E-state index contributed by atoms with van der Waals surface area (Å²) in [7, 11) is 0. The maximum atomic E-state index is 14.6. The molecule has 1 saturated carbocycles. The lowest BCUT2D eigenvalue weighted by molar-refractivity contribution is 0.0520. The number of carbonyl (C=O) groups excluding carboxylic acids is 1. The van der Waals surface area contributed by atoms with Crippen LogP contribution < -0.4 is 14.5 Å². The van der Waals surface area contributed by atoms with Gasteiger partial charge in [0.2, 0.25) is 0 Å². The van der Waals surface area contributed by atoms with Crippen LogP contribution in [0.5, 0.6) is 11.5 Å². The lowest BCUT2D eigenvalue weighted by Gasteiger charge is -2.26. The second kappa shape index (κ2) is 11.5. The molecule has 3 fully saturated rings. The molecule has 4 heterocycles. The minimum Gasteiger partial charge on any atom is -0.461 e. The topological polar surface area (TPSA) is 104 Å². The number of hydrogen-bond acceptors (Lipinski definition) is 10. The maximum Gasteiger partial charge on any atom is 0.357 e. The van der Waals surface area contributed by atoms with E-state index >= 15 is 0 Å². The van der Waals surface area contributed by atoms with Crippen molar-refractivity contribution in [1.82, 2.24) is 15.0 Å². The summed E-state index contributed by atoms with van der Waals surface area (Å²) >= 11 is 1.47. The molecule has 11 heteroatoms. The third kappa shape index (κ3) is 5.46. The molecule has 1 spiro atoms. The average molecular weight is 611 g/mol. The van der Waals surface area contributed by atoms with E-state index in [2.05, 4.69) is 30.8 Å². The van der Waals surface area contributed by atoms with Crippen LogP contribution in [0.3, 0.4) is 0 Å². The number of esters is 1. The zero-order valence-corrected chi connectivity index (χ0v) is 25.1. The molecule has 4 aromatic rings. The van der Waals surface area contributed by atoms with Gasteiger partial charge in [-0.25, -0.2) is 24.1 Å². The van der Waals surface area contributed by atoms with Crippen molar-refractivity contribution < 1.29 is 18.7 Å². The molecule has 2 saturated heterocycles. The first-order valence-corrected chi connectivity index (χ1v) is 15.8. The fourth-order valence-corrected chi connectivity index (χ4v) is 7.23. The maximum absolute atomic E-state index is 14.6. The molecule has 0 N–H and O–H groups in total. The van der Waals surface area contributed by atoms with Gasteiger partial charge in [0.15, 0.2) is 22.4 Å². The van der Waals surface area contributed by atoms with Crippen LogP contribution in [0.1, 0.15) is 60.1 Å². The van der Waals surface area contributed by atoms with E-state index in [9.17, 15) is 14.4 Å². The third-order valence-electron chi connectivity index (χ3n) is 8.73. The molecular weight excluding hydrogens is 579 g/mol. The summed E-state index contributed by atoms with van der Waals surface area (Å²) in [6.07, 6.45) is 7.28. The average Bonchev–Trinajstić information content (AvgIpc) is 3.42. The van der Waals surface area contributed by atoms with Crippen molar-refractivity contribution in [1.29, 1.82) is 5.26 Å². The van der Waals surface area contributed by atoms with Crippen LogP contribution >= 0.6 is 11.3 Å². The predicted molar refractivity (Wildman–Crippen MR) is 165 cm³/mol. The molecule has 1 atom stereocenters. The zero-order chi connectivity index (χ0) is 30.3. The SMILES string of the molecule is CCOC(=O)c1csc(N2CCC3(CCN(c4ncncc4Oc4ccc(F)cc4-c4ccc(C#N)cc4C4CC4)C3)C2)n1. The van der Waals surface area contributed by atoms with Crippen molar-refractivity contribution in [3.63, 3.8) is 0 Å². The van der Waals surface area contributed by atoms with Gasteiger partial charge in [0.05, 0.1) is 24.4 Å². The van der Waals surface area contributed by atoms with Gasteiger partial charge in [-0.15, -0.1) is 11.3 Å². The molecule has 3 aliphatic rings. The highest BCUT2D eigenvalue weighted by atomic mass is 32.1. The number of thiazole rings is 1. The number of rotatable bonds is 8. The van der Waals surface area contributed by atoms with Gasteiger partial charge in [0.1, 0.15) is 17.9 Å². The summed E-state index contributed by atoms with van der Waals surface area (Å²) in [4.78, 5) is 30.1. The quantitative estimate of drug-likeness (QED) is 0.205. The first-order chi connectivity index (χ1) is 21.4. The Hall–Kier alpha value is -4.56. The van der Waals surface area contributed by atoms with Crippen LogP contribution in [0, 0.1) is 22.6 Å². The van der Waals surface area contributed by atoms with Gasteiger partial charge in [0, 0.05) is 42.5 Å². The van der Waals surface area contributed by atoms with Gasteiger partial charge < -0.3 is 19.3 Å². The molecular formula is C33H31FN6O3S. The zero-order valence-electron chi connectivity index (χ0n) is 24.3. The van der Waals surface area contributed by atoms with E-state index in [4.69, 9.17) is 9.47 Å². The second-order valence-corrected chi connectivity index (χ2v) is 12.6. The Kier molecular flexibility index (Phi) is 7.38. The fourth-order valence-electron chi connectivity index (χ4n) is 6.41. The standard InChI is InChI=1S/C33H31FN6O3S/c1-2-42-31(41)27-17-44-32(38-27)40-12-10-33(19-40)9-11-39(18-33)30-29(16-36-20-37-30)43-28-8-6-23(34)14-26(28)24-7-3-21(15-35)13-25(24)22-4-5-22/h3,6-8,13-14,16-17,20,22H,2,4-5,9-12,18-19H2,1H3. The number of ether oxygens (including phenoxy) is 2. The lowest BCUT2D eigenvalue weighted by atomic mass is 9.86. The Labute approximate surface area is 258 Å². The summed E-state index contributed by atoms with van der Waals surface area (Å²) in [5, 5.41) is 12.1. The molecule has 2 aromatic carbocycles. The largest absolute Gasteiger partial charge is 0.461 e. The summed E-state index contributed by atoms with van der Waals surface area (Å²) in [6.45, 7) is 5.42. The molecule has 0 amide bonds. The first kappa shape index (κ1) is 28.2. The number of hydrogen-bond donors (Lipinski definition) is 0. The van der Waals surface area contributed by atoms with Crippen molar-refractivity contribution in [2.75, 3.05) is 42.6 Å². The Morgan fingerprint density at radius 1 is 1.11 bits per heavy atom. The Bertz CT molecular complexity index is 1770. The van der Waals surface area contributed by atoms with Crippen molar-refractivity contribution in [3.8, 4) is 28.7 Å². The Morgan fingerprint density at radius 2 is 1.93 bits per heavy atom. The molecule has 0 radical (unpaired) electrons. The normalized spacial score (nSPS) is 19.4. The number of benzene rings is 2. The van der Waals surface area contributed by atoms with Gasteiger partial charge in [-0.3, -0.25) is 0 Å². The minimum atomic E-state index is -0.389. The summed E-state index contributed by atoms with van der Waals surface area (Å²) < 4.78 is 26.2. The van der Waals surface area contributed by atoms with Crippen LogP contribution in [-0.2, 0) is 4.74 Å². The lowest BCUT2D eigenvalue weighted by Crippen LogP contribution is -2.31. The van der Waals surface area contributed by atoms with Crippen LogP contribution in [-0.4, -0.2) is 53.7 Å².